The molecule has 0 aromatic carbocycles. The fraction of sp³-hybridized carbons (Fsp3) is 1.00. The second kappa shape index (κ2) is 8.39. The van der Waals surface area contributed by atoms with Crippen LogP contribution in [-0.4, -0.2) is 26.1 Å². The Morgan fingerprint density at radius 3 is 2.33 bits per heavy atom. The van der Waals surface area contributed by atoms with Gasteiger partial charge in [0.1, 0.15) is 0 Å². The van der Waals surface area contributed by atoms with Gasteiger partial charge in [0.15, 0.2) is 0 Å². The number of rotatable bonds is 7. The summed E-state index contributed by atoms with van der Waals surface area (Å²) in [6, 6.07) is 0.0732. The molecule has 0 heterocycles. The highest BCUT2D eigenvalue weighted by atomic mass is 35.5. The molecule has 108 valence electrons. The number of hydrogen-bond acceptors (Lipinski definition) is 2. The molecule has 0 aromatic rings. The predicted molar refractivity (Wildman–Crippen MR) is 77.5 cm³/mol. The molecule has 5 heteroatoms. The Morgan fingerprint density at radius 2 is 1.78 bits per heavy atom. The largest absolute Gasteiger partial charge is 0.212 e. The van der Waals surface area contributed by atoms with E-state index < -0.39 is 10.0 Å². The second-order valence-electron chi connectivity index (χ2n) is 5.37. The van der Waals surface area contributed by atoms with E-state index in [0.29, 0.717) is 18.2 Å². The fourth-order valence-corrected chi connectivity index (χ4v) is 4.29. The smallest absolute Gasteiger partial charge is 0.211 e. The van der Waals surface area contributed by atoms with Gasteiger partial charge in [0.2, 0.25) is 10.0 Å². The van der Waals surface area contributed by atoms with Crippen molar-refractivity contribution in [1.82, 2.24) is 4.72 Å². The number of hydrogen-bond donors (Lipinski definition) is 1. The van der Waals surface area contributed by atoms with Gasteiger partial charge in [-0.15, -0.1) is 11.6 Å². The number of halogens is 1. The molecule has 1 fully saturated rings. The van der Waals surface area contributed by atoms with Crippen LogP contribution in [0.25, 0.3) is 0 Å². The zero-order valence-electron chi connectivity index (χ0n) is 11.3. The molecule has 1 rings (SSSR count). The molecule has 0 saturated heterocycles. The summed E-state index contributed by atoms with van der Waals surface area (Å²) >= 11 is 5.56. The highest BCUT2D eigenvalue weighted by Gasteiger charge is 2.22. The Morgan fingerprint density at radius 1 is 1.17 bits per heavy atom. The van der Waals surface area contributed by atoms with Gasteiger partial charge in [-0.2, -0.15) is 0 Å². The summed E-state index contributed by atoms with van der Waals surface area (Å²) < 4.78 is 26.6. The van der Waals surface area contributed by atoms with Crippen molar-refractivity contribution in [1.29, 1.82) is 0 Å². The third-order valence-corrected chi connectivity index (χ3v) is 5.59. The zero-order chi connectivity index (χ0) is 13.4. The highest BCUT2D eigenvalue weighted by molar-refractivity contribution is 7.89. The van der Waals surface area contributed by atoms with Crippen LogP contribution >= 0.6 is 11.6 Å². The third kappa shape index (κ3) is 6.39. The van der Waals surface area contributed by atoms with E-state index in [9.17, 15) is 8.42 Å². The molecule has 18 heavy (non-hydrogen) atoms. The lowest BCUT2D eigenvalue weighted by molar-refractivity contribution is 0.370. The Hall–Kier alpha value is 0.200. The van der Waals surface area contributed by atoms with Gasteiger partial charge in [-0.25, -0.2) is 13.1 Å². The molecular weight excluding hydrogens is 270 g/mol. The molecule has 0 amide bonds. The van der Waals surface area contributed by atoms with Gasteiger partial charge in [0.25, 0.3) is 0 Å². The van der Waals surface area contributed by atoms with E-state index in [0.717, 1.165) is 19.3 Å². The van der Waals surface area contributed by atoms with Gasteiger partial charge in [-0.1, -0.05) is 25.7 Å². The third-order valence-electron chi connectivity index (χ3n) is 3.77. The maximum atomic E-state index is 11.9. The SMILES string of the molecule is C[C@H](NS(=O)(=O)CCCCCl)C1CCCCCC1. The van der Waals surface area contributed by atoms with E-state index in [-0.39, 0.29) is 11.8 Å². The molecule has 1 aliphatic carbocycles. The molecule has 0 unspecified atom stereocenters. The van der Waals surface area contributed by atoms with E-state index in [1.165, 1.54) is 25.7 Å². The minimum atomic E-state index is -3.12. The van der Waals surface area contributed by atoms with Crippen LogP contribution in [0.1, 0.15) is 58.3 Å². The van der Waals surface area contributed by atoms with Crippen molar-refractivity contribution in [3.05, 3.63) is 0 Å². The first kappa shape index (κ1) is 16.3. The summed E-state index contributed by atoms with van der Waals surface area (Å²) in [5.41, 5.74) is 0. The first-order valence-electron chi connectivity index (χ1n) is 7.11. The van der Waals surface area contributed by atoms with Crippen molar-refractivity contribution < 1.29 is 8.42 Å². The minimum absolute atomic E-state index is 0.0732. The molecule has 1 aliphatic rings. The standard InChI is InChI=1S/C13H26ClNO2S/c1-12(13-8-4-2-3-5-9-13)15-18(16,17)11-7-6-10-14/h12-13,15H,2-11H2,1H3/t12-/m0/s1. The summed E-state index contributed by atoms with van der Waals surface area (Å²) in [5, 5.41) is 0. The quantitative estimate of drug-likeness (QED) is 0.445. The van der Waals surface area contributed by atoms with Gasteiger partial charge in [0.05, 0.1) is 5.75 Å². The van der Waals surface area contributed by atoms with Crippen LogP contribution in [0.3, 0.4) is 0 Å². The average Bonchev–Trinajstić information content (AvgIpc) is 2.57. The monoisotopic (exact) mass is 295 g/mol. The van der Waals surface area contributed by atoms with E-state index >= 15 is 0 Å². The molecular formula is C13H26ClNO2S. The number of unbranched alkanes of at least 4 members (excludes halogenated alkanes) is 1. The molecule has 3 nitrogen and oxygen atoms in total. The van der Waals surface area contributed by atoms with Gasteiger partial charge in [-0.05, 0) is 38.5 Å². The van der Waals surface area contributed by atoms with Gasteiger partial charge in [-0.3, -0.25) is 0 Å². The number of sulfonamides is 1. The Kier molecular flexibility index (Phi) is 7.57. The highest BCUT2D eigenvalue weighted by Crippen LogP contribution is 2.25. The van der Waals surface area contributed by atoms with E-state index in [2.05, 4.69) is 4.72 Å². The molecule has 1 saturated carbocycles. The van der Waals surface area contributed by atoms with E-state index in [1.807, 2.05) is 6.92 Å². The molecule has 0 radical (unpaired) electrons. The first-order chi connectivity index (χ1) is 8.55. The van der Waals surface area contributed by atoms with E-state index in [4.69, 9.17) is 11.6 Å². The van der Waals surface area contributed by atoms with Crippen LogP contribution in [0, 0.1) is 5.92 Å². The molecule has 0 spiro atoms. The predicted octanol–water partition coefficient (Wildman–Crippen LogP) is 3.28. The summed E-state index contributed by atoms with van der Waals surface area (Å²) in [6.45, 7) is 2.01. The molecule has 0 aliphatic heterocycles. The van der Waals surface area contributed by atoms with Crippen molar-refractivity contribution in [2.75, 3.05) is 11.6 Å². The molecule has 1 N–H and O–H groups in total. The van der Waals surface area contributed by atoms with Crippen LogP contribution in [0.2, 0.25) is 0 Å². The Bertz CT molecular complexity index is 311. The molecule has 1 atom stereocenters. The zero-order valence-corrected chi connectivity index (χ0v) is 12.9. The van der Waals surface area contributed by atoms with Crippen molar-refractivity contribution in [2.24, 2.45) is 5.92 Å². The van der Waals surface area contributed by atoms with Crippen LogP contribution < -0.4 is 4.72 Å². The Balaban J connectivity index is 2.39. The van der Waals surface area contributed by atoms with Crippen LogP contribution in [-0.2, 0) is 10.0 Å². The lowest BCUT2D eigenvalue weighted by atomic mass is 9.94. The molecule has 0 bridgehead atoms. The molecule has 0 aromatic heterocycles. The summed E-state index contributed by atoms with van der Waals surface area (Å²) in [6.07, 6.45) is 8.80. The normalized spacial score (nSPS) is 20.6. The number of nitrogens with one attached hydrogen (secondary N) is 1. The summed E-state index contributed by atoms with van der Waals surface area (Å²) in [5.74, 6) is 1.25. The minimum Gasteiger partial charge on any atom is -0.212 e. The van der Waals surface area contributed by atoms with Crippen molar-refractivity contribution in [3.8, 4) is 0 Å². The lowest BCUT2D eigenvalue weighted by Crippen LogP contribution is -2.39. The van der Waals surface area contributed by atoms with Crippen molar-refractivity contribution >= 4 is 21.6 Å². The maximum Gasteiger partial charge on any atom is 0.211 e. The van der Waals surface area contributed by atoms with Gasteiger partial charge < -0.3 is 0 Å². The summed E-state index contributed by atoms with van der Waals surface area (Å²) in [4.78, 5) is 0. The van der Waals surface area contributed by atoms with Crippen LogP contribution in [0.15, 0.2) is 0 Å². The second-order valence-corrected chi connectivity index (χ2v) is 7.62. The fourth-order valence-electron chi connectivity index (χ4n) is 2.64. The van der Waals surface area contributed by atoms with Crippen molar-refractivity contribution in [3.63, 3.8) is 0 Å². The van der Waals surface area contributed by atoms with Crippen LogP contribution in [0.5, 0.6) is 0 Å². The Labute approximate surface area is 117 Å². The summed E-state index contributed by atoms with van der Waals surface area (Å²) in [7, 11) is -3.12. The van der Waals surface area contributed by atoms with Gasteiger partial charge >= 0.3 is 0 Å². The first-order valence-corrected chi connectivity index (χ1v) is 9.30. The van der Waals surface area contributed by atoms with Crippen molar-refractivity contribution in [2.45, 2.75) is 64.3 Å². The lowest BCUT2D eigenvalue weighted by Gasteiger charge is -2.23. The average molecular weight is 296 g/mol. The maximum absolute atomic E-state index is 11.9. The number of alkyl halides is 1. The topological polar surface area (TPSA) is 46.2 Å². The van der Waals surface area contributed by atoms with Crippen LogP contribution in [0.4, 0.5) is 0 Å². The van der Waals surface area contributed by atoms with E-state index in [1.54, 1.807) is 0 Å². The van der Waals surface area contributed by atoms with Gasteiger partial charge in [0, 0.05) is 11.9 Å².